The van der Waals surface area contributed by atoms with Crippen molar-refractivity contribution in [3.8, 4) is 0 Å². The smallest absolute Gasteiger partial charge is 0.416 e. The third kappa shape index (κ3) is 5.61. The number of hydrogen-bond donors (Lipinski definition) is 0. The Morgan fingerprint density at radius 1 is 1.30 bits per heavy atom. The normalized spacial score (nSPS) is 19.5. The van der Waals surface area contributed by atoms with Crippen molar-refractivity contribution in [1.82, 2.24) is 5.16 Å². The monoisotopic (exact) mass is 477 g/mol. The predicted molar refractivity (Wildman–Crippen MR) is 123 cm³/mol. The van der Waals surface area contributed by atoms with Gasteiger partial charge in [-0.05, 0) is 68.7 Å². The molecular formula is C23H28FN3O5S. The van der Waals surface area contributed by atoms with Crippen LogP contribution in [0.25, 0.3) is 0 Å². The van der Waals surface area contributed by atoms with E-state index in [0.29, 0.717) is 11.3 Å². The van der Waals surface area contributed by atoms with Crippen molar-refractivity contribution in [2.45, 2.75) is 51.2 Å². The third-order valence-electron chi connectivity index (χ3n) is 5.53. The van der Waals surface area contributed by atoms with E-state index >= 15 is 0 Å². The lowest BCUT2D eigenvalue weighted by Gasteiger charge is -2.26. The van der Waals surface area contributed by atoms with Crippen LogP contribution in [0, 0.1) is 5.82 Å². The van der Waals surface area contributed by atoms with E-state index in [1.807, 2.05) is 11.8 Å². The van der Waals surface area contributed by atoms with Gasteiger partial charge in [0.25, 0.3) is 0 Å². The van der Waals surface area contributed by atoms with Crippen molar-refractivity contribution < 1.29 is 28.0 Å². The van der Waals surface area contributed by atoms with E-state index < -0.39 is 23.9 Å². The quantitative estimate of drug-likeness (QED) is 0.586. The highest BCUT2D eigenvalue weighted by Crippen LogP contribution is 2.35. The molecular weight excluding hydrogens is 449 g/mol. The topological polar surface area (TPSA) is 85.1 Å². The Bertz CT molecular complexity index is 988. The van der Waals surface area contributed by atoms with Crippen LogP contribution < -0.4 is 9.80 Å². The summed E-state index contributed by atoms with van der Waals surface area (Å²) in [5.74, 6) is 2.22. The number of thioether (sulfide) groups is 1. The maximum Gasteiger partial charge on any atom is 0.416 e. The van der Waals surface area contributed by atoms with Gasteiger partial charge in [0.15, 0.2) is 5.82 Å². The number of carbonyl (C=O) groups excluding carboxylic acids is 2. The first-order chi connectivity index (χ1) is 15.7. The zero-order valence-corrected chi connectivity index (χ0v) is 19.8. The Morgan fingerprint density at radius 3 is 2.70 bits per heavy atom. The van der Waals surface area contributed by atoms with Gasteiger partial charge in [0.1, 0.15) is 23.8 Å². The molecule has 8 nitrogen and oxygen atoms in total. The number of hydrogen-bond acceptors (Lipinski definition) is 7. The molecule has 1 unspecified atom stereocenters. The first-order valence-corrected chi connectivity index (χ1v) is 12.1. The molecule has 1 aromatic heterocycles. The Balaban J connectivity index is 1.47. The van der Waals surface area contributed by atoms with E-state index in [0.717, 1.165) is 24.3 Å². The molecule has 0 radical (unpaired) electrons. The number of nitrogens with zero attached hydrogens (tertiary/aromatic N) is 3. The highest BCUT2D eigenvalue weighted by Gasteiger charge is 2.37. The average molecular weight is 478 g/mol. The zero-order valence-electron chi connectivity index (χ0n) is 19.0. The van der Waals surface area contributed by atoms with E-state index in [-0.39, 0.29) is 30.6 Å². The maximum absolute atomic E-state index is 14.9. The summed E-state index contributed by atoms with van der Waals surface area (Å²) in [6, 6.07) is 6.45. The van der Waals surface area contributed by atoms with Gasteiger partial charge in [0.05, 0.1) is 18.8 Å². The van der Waals surface area contributed by atoms with Gasteiger partial charge < -0.3 is 14.0 Å². The fourth-order valence-electron chi connectivity index (χ4n) is 3.98. The molecule has 2 aliphatic heterocycles. The molecule has 2 aliphatic rings. The standard InChI is InChI=1S/C23H28FN3O5S/c1-23(2,3)32-22(29)27(20-6-9-30-25-20)14-17-13-26(21(28)31-17)16-4-5-18(19(24)12-16)15-7-10-33-11-8-15/h4-6,9,12,15,17H,7-8,10-11,13-14H2,1-3H3. The lowest BCUT2D eigenvalue weighted by atomic mass is 9.93. The molecule has 3 heterocycles. The summed E-state index contributed by atoms with van der Waals surface area (Å²) in [6.07, 6.45) is 1.38. The molecule has 1 aromatic carbocycles. The summed E-state index contributed by atoms with van der Waals surface area (Å²) in [6.45, 7) is 5.45. The minimum absolute atomic E-state index is 0.0179. The fraction of sp³-hybridized carbons (Fsp3) is 0.522. The van der Waals surface area contributed by atoms with Crippen molar-refractivity contribution in [2.75, 3.05) is 34.4 Å². The zero-order chi connectivity index (χ0) is 23.6. The van der Waals surface area contributed by atoms with Gasteiger partial charge in [-0.3, -0.25) is 9.80 Å². The molecule has 10 heteroatoms. The summed E-state index contributed by atoms with van der Waals surface area (Å²) in [4.78, 5) is 27.9. The average Bonchev–Trinajstić information content (AvgIpc) is 3.41. The van der Waals surface area contributed by atoms with Crippen LogP contribution in [0.1, 0.15) is 45.1 Å². The van der Waals surface area contributed by atoms with Crippen LogP contribution in [-0.2, 0) is 9.47 Å². The van der Waals surface area contributed by atoms with Gasteiger partial charge in [-0.1, -0.05) is 11.2 Å². The maximum atomic E-state index is 14.9. The molecule has 2 amide bonds. The van der Waals surface area contributed by atoms with Crippen LogP contribution in [-0.4, -0.2) is 53.6 Å². The van der Waals surface area contributed by atoms with Gasteiger partial charge in [-0.25, -0.2) is 14.0 Å². The van der Waals surface area contributed by atoms with Gasteiger partial charge >= 0.3 is 12.2 Å². The summed E-state index contributed by atoms with van der Waals surface area (Å²) in [5, 5.41) is 3.82. The van der Waals surface area contributed by atoms with Crippen LogP contribution in [0.4, 0.5) is 25.5 Å². The van der Waals surface area contributed by atoms with Crippen LogP contribution in [0.5, 0.6) is 0 Å². The number of amides is 2. The molecule has 0 N–H and O–H groups in total. The van der Waals surface area contributed by atoms with E-state index in [4.69, 9.17) is 14.0 Å². The number of rotatable bonds is 5. The van der Waals surface area contributed by atoms with Crippen molar-refractivity contribution in [3.05, 3.63) is 41.9 Å². The first kappa shape index (κ1) is 23.4. The second kappa shape index (κ2) is 9.62. The van der Waals surface area contributed by atoms with Crippen molar-refractivity contribution in [2.24, 2.45) is 0 Å². The van der Waals surface area contributed by atoms with Crippen LogP contribution in [0.15, 0.2) is 35.1 Å². The number of halogens is 1. The van der Waals surface area contributed by atoms with Crippen LogP contribution >= 0.6 is 11.8 Å². The molecule has 0 spiro atoms. The Kier molecular flexibility index (Phi) is 6.83. The van der Waals surface area contributed by atoms with E-state index in [9.17, 15) is 14.0 Å². The van der Waals surface area contributed by atoms with Gasteiger partial charge in [-0.2, -0.15) is 11.8 Å². The van der Waals surface area contributed by atoms with Crippen LogP contribution in [0.3, 0.4) is 0 Å². The molecule has 0 saturated carbocycles. The number of cyclic esters (lactones) is 1. The van der Waals surface area contributed by atoms with E-state index in [1.54, 1.807) is 32.9 Å². The summed E-state index contributed by atoms with van der Waals surface area (Å²) in [7, 11) is 0. The molecule has 178 valence electrons. The Labute approximate surface area is 196 Å². The molecule has 4 rings (SSSR count). The summed E-state index contributed by atoms with van der Waals surface area (Å²) in [5.41, 5.74) is 0.415. The van der Waals surface area contributed by atoms with Gasteiger partial charge in [0.2, 0.25) is 0 Å². The van der Waals surface area contributed by atoms with E-state index in [2.05, 4.69) is 5.16 Å². The lowest BCUT2D eigenvalue weighted by Crippen LogP contribution is -2.42. The summed E-state index contributed by atoms with van der Waals surface area (Å²) < 4.78 is 30.7. The minimum Gasteiger partial charge on any atom is -0.443 e. The second-order valence-electron chi connectivity index (χ2n) is 9.16. The highest BCUT2D eigenvalue weighted by atomic mass is 32.2. The molecule has 33 heavy (non-hydrogen) atoms. The highest BCUT2D eigenvalue weighted by molar-refractivity contribution is 7.99. The Hall–Kier alpha value is -2.75. The number of carbonyl (C=O) groups is 2. The minimum atomic E-state index is -0.715. The van der Waals surface area contributed by atoms with Crippen LogP contribution in [0.2, 0.25) is 0 Å². The fourth-order valence-corrected chi connectivity index (χ4v) is 5.09. The van der Waals surface area contributed by atoms with Gasteiger partial charge in [0, 0.05) is 6.07 Å². The molecule has 0 bridgehead atoms. The molecule has 0 aliphatic carbocycles. The number of anilines is 2. The van der Waals surface area contributed by atoms with E-state index in [1.165, 1.54) is 28.2 Å². The summed E-state index contributed by atoms with van der Waals surface area (Å²) >= 11 is 1.89. The Morgan fingerprint density at radius 2 is 2.06 bits per heavy atom. The van der Waals surface area contributed by atoms with Gasteiger partial charge in [-0.15, -0.1) is 0 Å². The largest absolute Gasteiger partial charge is 0.443 e. The van der Waals surface area contributed by atoms with Crippen molar-refractivity contribution in [3.63, 3.8) is 0 Å². The molecule has 1 atom stereocenters. The molecule has 2 saturated heterocycles. The van der Waals surface area contributed by atoms with Crippen molar-refractivity contribution >= 4 is 35.5 Å². The molecule has 2 fully saturated rings. The SMILES string of the molecule is CC(C)(C)OC(=O)N(CC1CN(c2ccc(C3CCSCC3)c(F)c2)C(=O)O1)c1ccon1. The number of ether oxygens (including phenoxy) is 2. The number of benzene rings is 1. The first-order valence-electron chi connectivity index (χ1n) is 11.0. The third-order valence-corrected chi connectivity index (χ3v) is 6.58. The number of aromatic nitrogens is 1. The molecule has 2 aromatic rings. The van der Waals surface area contributed by atoms with Crippen molar-refractivity contribution in [1.29, 1.82) is 0 Å². The second-order valence-corrected chi connectivity index (χ2v) is 10.4. The lowest BCUT2D eigenvalue weighted by molar-refractivity contribution is 0.0556. The predicted octanol–water partition coefficient (Wildman–Crippen LogP) is 5.19.